The molecular formula is C14H18N2O4S. The van der Waals surface area contributed by atoms with Gasteiger partial charge in [-0.15, -0.1) is 11.3 Å². The maximum atomic E-state index is 12.0. The molecule has 0 aliphatic rings. The number of methoxy groups -OCH3 is 1. The smallest absolute Gasteiger partial charge is 0.341 e. The summed E-state index contributed by atoms with van der Waals surface area (Å²) in [5, 5.41) is 18.6. The van der Waals surface area contributed by atoms with Crippen molar-refractivity contribution in [2.24, 2.45) is 5.92 Å². The van der Waals surface area contributed by atoms with Crippen molar-refractivity contribution in [3.05, 3.63) is 16.0 Å². The van der Waals surface area contributed by atoms with Crippen LogP contribution in [-0.4, -0.2) is 37.2 Å². The van der Waals surface area contributed by atoms with E-state index >= 15 is 0 Å². The van der Waals surface area contributed by atoms with Crippen LogP contribution >= 0.6 is 11.3 Å². The molecule has 0 saturated carbocycles. The number of carbonyl (C=O) groups is 2. The largest absolute Gasteiger partial charge is 0.481 e. The van der Waals surface area contributed by atoms with Crippen LogP contribution in [0.4, 0.5) is 5.00 Å². The number of nitriles is 1. The van der Waals surface area contributed by atoms with Crippen LogP contribution in [0.1, 0.15) is 27.7 Å². The molecule has 1 aromatic rings. The van der Waals surface area contributed by atoms with Crippen LogP contribution in [0.5, 0.6) is 0 Å². The number of carbonyl (C=O) groups excluding carboxylic acids is 1. The van der Waals surface area contributed by atoms with Crippen LogP contribution in [0.25, 0.3) is 0 Å². The van der Waals surface area contributed by atoms with Gasteiger partial charge in [-0.25, -0.2) is 4.79 Å². The highest BCUT2D eigenvalue weighted by molar-refractivity contribution is 7.16. The third kappa shape index (κ3) is 3.73. The third-order valence-electron chi connectivity index (χ3n) is 3.22. The van der Waals surface area contributed by atoms with E-state index in [9.17, 15) is 9.59 Å². The van der Waals surface area contributed by atoms with Gasteiger partial charge in [-0.3, -0.25) is 4.79 Å². The van der Waals surface area contributed by atoms with Crippen LogP contribution in [0.15, 0.2) is 0 Å². The molecule has 0 fully saturated rings. The first-order chi connectivity index (χ1) is 9.83. The molecule has 114 valence electrons. The van der Waals surface area contributed by atoms with E-state index in [2.05, 4.69) is 0 Å². The number of nitrogens with zero attached hydrogens (tertiary/aromatic N) is 2. The maximum Gasteiger partial charge on any atom is 0.341 e. The summed E-state index contributed by atoms with van der Waals surface area (Å²) in [5.74, 6) is -2.06. The van der Waals surface area contributed by atoms with Crippen molar-refractivity contribution < 1.29 is 19.4 Å². The minimum absolute atomic E-state index is 0.0149. The molecule has 1 N–H and O–H groups in total. The number of esters is 1. The number of hydrogen-bond donors (Lipinski definition) is 1. The Morgan fingerprint density at radius 3 is 2.57 bits per heavy atom. The van der Waals surface area contributed by atoms with E-state index in [4.69, 9.17) is 15.1 Å². The molecule has 0 aliphatic carbocycles. The number of aliphatic carboxylic acids is 1. The number of carboxylic acid groups (broad SMARTS) is 1. The monoisotopic (exact) mass is 310 g/mol. The summed E-state index contributed by atoms with van der Waals surface area (Å²) in [5.41, 5.74) is 1.21. The second kappa shape index (κ2) is 7.09. The quantitative estimate of drug-likeness (QED) is 0.640. The van der Waals surface area contributed by atoms with Crippen molar-refractivity contribution in [2.75, 3.05) is 25.1 Å². The van der Waals surface area contributed by atoms with Crippen molar-refractivity contribution in [1.29, 1.82) is 5.26 Å². The predicted octanol–water partition coefficient (Wildman–Crippen LogP) is 2.20. The Hall–Kier alpha value is -2.07. The van der Waals surface area contributed by atoms with Crippen LogP contribution in [0.3, 0.4) is 0 Å². The maximum absolute atomic E-state index is 12.0. The summed E-state index contributed by atoms with van der Waals surface area (Å²) in [6.07, 6.45) is 0. The Morgan fingerprint density at radius 1 is 1.48 bits per heavy atom. The van der Waals surface area contributed by atoms with Crippen LogP contribution in [-0.2, 0) is 9.53 Å². The minimum Gasteiger partial charge on any atom is -0.481 e. The number of thiophene rings is 1. The molecule has 1 rings (SSSR count). The molecule has 7 heteroatoms. The summed E-state index contributed by atoms with van der Waals surface area (Å²) < 4.78 is 4.79. The lowest BCUT2D eigenvalue weighted by Crippen LogP contribution is -2.32. The van der Waals surface area contributed by atoms with Crippen molar-refractivity contribution in [1.82, 2.24) is 0 Å². The summed E-state index contributed by atoms with van der Waals surface area (Å²) in [6.45, 7) is 5.43. The Morgan fingerprint density at radius 2 is 2.10 bits per heavy atom. The third-order valence-corrected chi connectivity index (χ3v) is 4.49. The summed E-state index contributed by atoms with van der Waals surface area (Å²) in [4.78, 5) is 25.5. The fourth-order valence-electron chi connectivity index (χ4n) is 1.89. The lowest BCUT2D eigenvalue weighted by atomic mass is 10.1. The van der Waals surface area contributed by atoms with Gasteiger partial charge in [0.05, 0.1) is 24.7 Å². The number of carboxylic acids is 1. The number of ether oxygens (including phenoxy) is 1. The van der Waals surface area contributed by atoms with E-state index in [0.717, 1.165) is 10.4 Å². The first kappa shape index (κ1) is 17.0. The molecule has 0 aromatic carbocycles. The lowest BCUT2D eigenvalue weighted by molar-refractivity contribution is -0.140. The normalized spacial score (nSPS) is 11.6. The van der Waals surface area contributed by atoms with E-state index in [-0.39, 0.29) is 13.1 Å². The Kier molecular flexibility index (Phi) is 5.73. The second-order valence-corrected chi connectivity index (χ2v) is 5.94. The fraction of sp³-hybridized carbons (Fsp3) is 0.500. The number of aryl methyl sites for hydroxylation is 1. The Bertz CT molecular complexity index is 589. The molecule has 1 unspecified atom stereocenters. The zero-order valence-corrected chi connectivity index (χ0v) is 13.3. The standard InChI is InChI=1S/C14H18N2O4S/c1-8(13(17)18)7-16(6-5-15)12-11(14(19)20-4)9(2)10(3)21-12/h8H,6-7H2,1-4H3,(H,17,18). The van der Waals surface area contributed by atoms with E-state index in [1.807, 2.05) is 19.9 Å². The molecule has 0 bridgehead atoms. The second-order valence-electron chi connectivity index (χ2n) is 4.73. The average Bonchev–Trinajstić information content (AvgIpc) is 2.73. The molecule has 0 spiro atoms. The number of hydrogen-bond acceptors (Lipinski definition) is 6. The van der Waals surface area contributed by atoms with Gasteiger partial charge in [0.2, 0.25) is 0 Å². The Balaban J connectivity index is 3.25. The Labute approximate surface area is 127 Å². The molecule has 1 atom stereocenters. The van der Waals surface area contributed by atoms with Crippen molar-refractivity contribution >= 4 is 28.3 Å². The van der Waals surface area contributed by atoms with E-state index < -0.39 is 17.9 Å². The average molecular weight is 310 g/mol. The highest BCUT2D eigenvalue weighted by atomic mass is 32.1. The topological polar surface area (TPSA) is 90.6 Å². The lowest BCUT2D eigenvalue weighted by Gasteiger charge is -2.23. The molecule has 0 radical (unpaired) electrons. The van der Waals surface area contributed by atoms with Gasteiger partial charge in [0.15, 0.2) is 0 Å². The molecule has 1 aromatic heterocycles. The van der Waals surface area contributed by atoms with Gasteiger partial charge < -0.3 is 14.7 Å². The molecule has 0 amide bonds. The van der Waals surface area contributed by atoms with Crippen LogP contribution in [0.2, 0.25) is 0 Å². The number of rotatable bonds is 6. The zero-order valence-electron chi connectivity index (χ0n) is 12.5. The molecule has 1 heterocycles. The van der Waals surface area contributed by atoms with Gasteiger partial charge in [-0.1, -0.05) is 6.92 Å². The first-order valence-electron chi connectivity index (χ1n) is 6.36. The van der Waals surface area contributed by atoms with Gasteiger partial charge in [0.1, 0.15) is 11.5 Å². The molecule has 0 aliphatic heterocycles. The van der Waals surface area contributed by atoms with Gasteiger partial charge in [-0.05, 0) is 19.4 Å². The highest BCUT2D eigenvalue weighted by Crippen LogP contribution is 2.36. The van der Waals surface area contributed by atoms with Crippen molar-refractivity contribution in [2.45, 2.75) is 20.8 Å². The van der Waals surface area contributed by atoms with Crippen molar-refractivity contribution in [3.63, 3.8) is 0 Å². The van der Waals surface area contributed by atoms with Gasteiger partial charge >= 0.3 is 11.9 Å². The first-order valence-corrected chi connectivity index (χ1v) is 7.18. The fourth-order valence-corrected chi connectivity index (χ4v) is 3.04. The van der Waals surface area contributed by atoms with Gasteiger partial charge in [0, 0.05) is 11.4 Å². The molecular weight excluding hydrogens is 292 g/mol. The van der Waals surface area contributed by atoms with Gasteiger partial charge in [-0.2, -0.15) is 5.26 Å². The minimum atomic E-state index is -0.942. The zero-order chi connectivity index (χ0) is 16.2. The van der Waals surface area contributed by atoms with E-state index in [0.29, 0.717) is 10.6 Å². The van der Waals surface area contributed by atoms with E-state index in [1.165, 1.54) is 18.4 Å². The van der Waals surface area contributed by atoms with Crippen LogP contribution in [0, 0.1) is 31.1 Å². The predicted molar refractivity (Wildman–Crippen MR) is 79.8 cm³/mol. The van der Waals surface area contributed by atoms with E-state index in [1.54, 1.807) is 11.8 Å². The molecule has 21 heavy (non-hydrogen) atoms. The van der Waals surface area contributed by atoms with Crippen molar-refractivity contribution in [3.8, 4) is 6.07 Å². The summed E-state index contributed by atoms with van der Waals surface area (Å²) in [6, 6.07) is 2.01. The summed E-state index contributed by atoms with van der Waals surface area (Å²) in [7, 11) is 1.30. The molecule has 0 saturated heterocycles. The molecule has 6 nitrogen and oxygen atoms in total. The number of anilines is 1. The van der Waals surface area contributed by atoms with Gasteiger partial charge in [0.25, 0.3) is 0 Å². The SMILES string of the molecule is COC(=O)c1c(N(CC#N)CC(C)C(=O)O)sc(C)c1C. The summed E-state index contributed by atoms with van der Waals surface area (Å²) >= 11 is 1.37. The highest BCUT2D eigenvalue weighted by Gasteiger charge is 2.26. The van der Waals surface area contributed by atoms with Crippen LogP contribution < -0.4 is 4.90 Å².